The van der Waals surface area contributed by atoms with Crippen LogP contribution in [0.1, 0.15) is 81.3 Å². The molecule has 3 aromatic rings. The number of hydrogen-bond donors (Lipinski definition) is 3. The summed E-state index contributed by atoms with van der Waals surface area (Å²) in [6.07, 6.45) is 0.00267. The maximum absolute atomic E-state index is 15.1. The molecule has 43 heavy (non-hydrogen) atoms. The largest absolute Gasteiger partial charge is 0.416 e. The van der Waals surface area contributed by atoms with E-state index in [1.54, 1.807) is 12.1 Å². The van der Waals surface area contributed by atoms with Crippen LogP contribution in [0.3, 0.4) is 0 Å². The lowest BCUT2D eigenvalue weighted by Crippen LogP contribution is -2.46. The number of amides is 2. The molecule has 6 nitrogen and oxygen atoms in total. The topological polar surface area (TPSA) is 81.7 Å². The van der Waals surface area contributed by atoms with Gasteiger partial charge in [-0.05, 0) is 79.6 Å². The first kappa shape index (κ1) is 26.7. The molecule has 0 aromatic heterocycles. The molecule has 10 heteroatoms. The molecule has 0 radical (unpaired) electrons. The number of benzene rings is 3. The third-order valence-electron chi connectivity index (χ3n) is 8.28. The van der Waals surface area contributed by atoms with E-state index in [1.165, 1.54) is 17.9 Å². The molecule has 1 aliphatic carbocycles. The van der Waals surface area contributed by atoms with Crippen LogP contribution in [0.4, 0.5) is 28.9 Å². The van der Waals surface area contributed by atoms with Crippen molar-refractivity contribution in [2.45, 2.75) is 70.3 Å². The monoisotopic (exact) mass is 600 g/mol. The third-order valence-corrected chi connectivity index (χ3v) is 8.28. The van der Waals surface area contributed by atoms with Gasteiger partial charge in [0.05, 0.1) is 33.8 Å². The SMILES string of the molecule is [2H]c1cc(C)c(C(=O)N2CCC[C@H](C(=O)Nc3ccc(C([2H])([2H])O)c(C(F)(F)F)c3)[C@@H]2c2ccc(NC3CCCC3)cc2)c(F)c1. The highest BCUT2D eigenvalue weighted by Gasteiger charge is 2.41. The van der Waals surface area contributed by atoms with Crippen LogP contribution in [0, 0.1) is 18.7 Å². The van der Waals surface area contributed by atoms with Gasteiger partial charge in [-0.1, -0.05) is 43.1 Å². The zero-order valence-corrected chi connectivity index (χ0v) is 23.6. The van der Waals surface area contributed by atoms with Gasteiger partial charge < -0.3 is 20.6 Å². The summed E-state index contributed by atoms with van der Waals surface area (Å²) in [5, 5.41) is 15.7. The number of carbonyl (C=O) groups excluding carboxylic acids is 2. The molecule has 228 valence electrons. The van der Waals surface area contributed by atoms with Crippen LogP contribution in [-0.4, -0.2) is 34.4 Å². The van der Waals surface area contributed by atoms with Crippen LogP contribution in [0.15, 0.2) is 60.6 Å². The first-order valence-electron chi connectivity index (χ1n) is 15.8. The van der Waals surface area contributed by atoms with Gasteiger partial charge >= 0.3 is 6.18 Å². The Hall–Kier alpha value is -3.92. The van der Waals surface area contributed by atoms with E-state index in [0.717, 1.165) is 49.6 Å². The predicted octanol–water partition coefficient (Wildman–Crippen LogP) is 7.23. The predicted molar refractivity (Wildman–Crippen MR) is 156 cm³/mol. The Bertz CT molecular complexity index is 1580. The minimum absolute atomic E-state index is 0.0946. The maximum atomic E-state index is 15.1. The van der Waals surface area contributed by atoms with Crippen molar-refractivity contribution in [2.75, 3.05) is 17.2 Å². The van der Waals surface area contributed by atoms with Crippen LogP contribution in [0.2, 0.25) is 0 Å². The minimum atomic E-state index is -5.02. The molecule has 2 fully saturated rings. The fourth-order valence-electron chi connectivity index (χ4n) is 6.17. The van der Waals surface area contributed by atoms with Crippen LogP contribution < -0.4 is 10.6 Å². The Morgan fingerprint density at radius 1 is 1.02 bits per heavy atom. The van der Waals surface area contributed by atoms with Crippen molar-refractivity contribution in [3.63, 3.8) is 0 Å². The summed E-state index contributed by atoms with van der Waals surface area (Å²) in [7, 11) is 0. The second-order valence-corrected chi connectivity index (χ2v) is 11.2. The van der Waals surface area contributed by atoms with Crippen LogP contribution in [0.25, 0.3) is 0 Å². The van der Waals surface area contributed by atoms with Crippen molar-refractivity contribution in [2.24, 2.45) is 5.92 Å². The van der Waals surface area contributed by atoms with E-state index >= 15 is 4.39 Å². The molecule has 0 spiro atoms. The molecular weight excluding hydrogens is 562 g/mol. The quantitative estimate of drug-likeness (QED) is 0.250. The van der Waals surface area contributed by atoms with E-state index in [2.05, 4.69) is 10.6 Å². The molecule has 2 amide bonds. The Balaban J connectivity index is 1.50. The molecule has 1 aliphatic heterocycles. The molecule has 3 aromatic carbocycles. The number of piperidine rings is 1. The number of rotatable bonds is 7. The van der Waals surface area contributed by atoms with Gasteiger partial charge in [-0.2, -0.15) is 13.2 Å². The number of aryl methyl sites for hydroxylation is 1. The summed E-state index contributed by atoms with van der Waals surface area (Å²) in [6.45, 7) is -1.56. The molecule has 2 atom stereocenters. The molecular formula is C33H35F4N3O3. The van der Waals surface area contributed by atoms with Gasteiger partial charge in [0.2, 0.25) is 5.91 Å². The van der Waals surface area contributed by atoms with Gasteiger partial charge in [-0.15, -0.1) is 0 Å². The van der Waals surface area contributed by atoms with E-state index in [9.17, 15) is 27.9 Å². The van der Waals surface area contributed by atoms with Crippen molar-refractivity contribution < 1.29 is 36.4 Å². The summed E-state index contributed by atoms with van der Waals surface area (Å²) in [5.41, 5.74) is -1.21. The first-order chi connectivity index (χ1) is 21.6. The van der Waals surface area contributed by atoms with E-state index in [1.807, 2.05) is 12.1 Å². The van der Waals surface area contributed by atoms with Gasteiger partial charge in [0.15, 0.2) is 0 Å². The van der Waals surface area contributed by atoms with Gasteiger partial charge in [0.1, 0.15) is 5.82 Å². The highest BCUT2D eigenvalue weighted by molar-refractivity contribution is 5.98. The molecule has 5 rings (SSSR count). The van der Waals surface area contributed by atoms with Crippen molar-refractivity contribution in [3.05, 3.63) is 94.3 Å². The van der Waals surface area contributed by atoms with Crippen molar-refractivity contribution in [3.8, 4) is 0 Å². The Labute approximate surface area is 252 Å². The van der Waals surface area contributed by atoms with Crippen LogP contribution in [0.5, 0.6) is 0 Å². The number of halogens is 4. The van der Waals surface area contributed by atoms with Crippen LogP contribution >= 0.6 is 0 Å². The summed E-state index contributed by atoms with van der Waals surface area (Å²) in [6, 6.07) is 11.3. The van der Waals surface area contributed by atoms with Crippen molar-refractivity contribution in [1.29, 1.82) is 0 Å². The lowest BCUT2D eigenvalue weighted by molar-refractivity contribution is -0.138. The van der Waals surface area contributed by atoms with Crippen molar-refractivity contribution in [1.82, 2.24) is 4.90 Å². The summed E-state index contributed by atoms with van der Waals surface area (Å²) in [4.78, 5) is 29.2. The Kier molecular flexibility index (Phi) is 7.91. The zero-order chi connectivity index (χ0) is 33.4. The smallest absolute Gasteiger partial charge is 0.392 e. The zero-order valence-electron chi connectivity index (χ0n) is 26.6. The lowest BCUT2D eigenvalue weighted by Gasteiger charge is -2.41. The normalized spacial score (nSPS) is 20.7. The van der Waals surface area contributed by atoms with Gasteiger partial charge in [-0.25, -0.2) is 4.39 Å². The number of alkyl halides is 3. The Morgan fingerprint density at radius 2 is 1.72 bits per heavy atom. The number of likely N-dealkylation sites (tertiary alicyclic amines) is 1. The molecule has 1 saturated heterocycles. The average molecular weight is 601 g/mol. The number of hydrogen-bond acceptors (Lipinski definition) is 4. The molecule has 0 bridgehead atoms. The highest BCUT2D eigenvalue weighted by atomic mass is 19.4. The first-order valence-corrected chi connectivity index (χ1v) is 14.3. The molecule has 0 unspecified atom stereocenters. The number of anilines is 2. The van der Waals surface area contributed by atoms with Crippen LogP contribution in [-0.2, 0) is 17.5 Å². The second kappa shape index (κ2) is 12.8. The molecule has 3 N–H and O–H groups in total. The number of nitrogens with zero attached hydrogens (tertiary/aromatic N) is 1. The molecule has 1 saturated carbocycles. The van der Waals surface area contributed by atoms with Gasteiger partial charge in [-0.3, -0.25) is 9.59 Å². The minimum Gasteiger partial charge on any atom is -0.392 e. The van der Waals surface area contributed by atoms with Crippen molar-refractivity contribution >= 4 is 23.2 Å². The number of aliphatic hydroxyl groups is 1. The van der Waals surface area contributed by atoms with Gasteiger partial charge in [0.25, 0.3) is 5.91 Å². The fraction of sp³-hybridized carbons (Fsp3) is 0.394. The second-order valence-electron chi connectivity index (χ2n) is 11.2. The van der Waals surface area contributed by atoms with E-state index < -0.39 is 53.5 Å². The van der Waals surface area contributed by atoms with E-state index in [0.29, 0.717) is 24.1 Å². The number of carbonyl (C=O) groups is 2. The highest BCUT2D eigenvalue weighted by Crippen LogP contribution is 2.40. The molecule has 2 aliphatic rings. The maximum Gasteiger partial charge on any atom is 0.416 e. The average Bonchev–Trinajstić information content (AvgIpc) is 3.48. The van der Waals surface area contributed by atoms with E-state index in [-0.39, 0.29) is 35.8 Å². The summed E-state index contributed by atoms with van der Waals surface area (Å²) >= 11 is 0. The lowest BCUT2D eigenvalue weighted by atomic mass is 9.83. The van der Waals surface area contributed by atoms with Gasteiger partial charge in [0, 0.05) is 24.0 Å². The third kappa shape index (κ3) is 6.69. The molecule has 1 heterocycles. The fourth-order valence-corrected chi connectivity index (χ4v) is 6.17. The Morgan fingerprint density at radius 3 is 2.37 bits per heavy atom. The summed E-state index contributed by atoms with van der Waals surface area (Å²) in [5.74, 6) is -3.15. The standard InChI is InChI=1S/C33H35F4N3O3/c1-20-6-4-10-28(34)29(20)32(43)40-17-5-9-26(30(40)21-11-14-24(15-12-21)38-23-7-2-3-8-23)31(42)39-25-16-13-22(19-41)27(18-25)33(35,36)37/h4,6,10-16,18,23,26,30,38,41H,2-3,5,7-9,17,19H2,1H3,(H,39,42)/t26-,30-/m0/s1/i4D,19D2. The number of nitrogens with one attached hydrogen (secondary N) is 2. The summed E-state index contributed by atoms with van der Waals surface area (Å²) < 4.78 is 79.1. The van der Waals surface area contributed by atoms with E-state index in [4.69, 9.17) is 4.11 Å².